The normalized spacial score (nSPS) is 11.0. The summed E-state index contributed by atoms with van der Waals surface area (Å²) in [6.07, 6.45) is 0. The second kappa shape index (κ2) is 8.86. The predicted octanol–water partition coefficient (Wildman–Crippen LogP) is 3.60. The molecule has 0 unspecified atom stereocenters. The van der Waals surface area contributed by atoms with E-state index in [1.807, 2.05) is 30.3 Å². The number of nitrogens with two attached hydrogens (primary N) is 1. The maximum absolute atomic E-state index is 13.5. The summed E-state index contributed by atoms with van der Waals surface area (Å²) in [5, 5.41) is 0. The summed E-state index contributed by atoms with van der Waals surface area (Å²) in [6.45, 7) is 0.375. The number of rotatable bonds is 6. The van der Waals surface area contributed by atoms with Crippen LogP contribution >= 0.6 is 0 Å². The third-order valence-corrected chi connectivity index (χ3v) is 5.55. The van der Waals surface area contributed by atoms with Gasteiger partial charge in [-0.15, -0.1) is 0 Å². The van der Waals surface area contributed by atoms with Gasteiger partial charge in [0.05, 0.1) is 5.69 Å². The van der Waals surface area contributed by atoms with Crippen LogP contribution in [0.25, 0.3) is 28.2 Å². The van der Waals surface area contributed by atoms with E-state index in [2.05, 4.69) is 9.97 Å². The summed E-state index contributed by atoms with van der Waals surface area (Å²) in [5.74, 6) is -0.470. The van der Waals surface area contributed by atoms with Gasteiger partial charge in [-0.2, -0.15) is 0 Å². The molecular weight excluding hydrogens is 449 g/mol. The summed E-state index contributed by atoms with van der Waals surface area (Å²) in [5.41, 5.74) is 7.40. The average molecular weight is 469 g/mol. The number of amides is 1. The fraction of sp³-hybridized carbons (Fsp3) is 0.0769. The molecule has 2 aromatic heterocycles. The minimum atomic E-state index is -0.804. The molecule has 3 aromatic carbocycles. The van der Waals surface area contributed by atoms with Gasteiger partial charge in [0.1, 0.15) is 23.7 Å². The number of nitrogens with zero attached hydrogens (tertiary/aromatic N) is 4. The van der Waals surface area contributed by atoms with E-state index in [1.165, 1.54) is 40.4 Å². The SMILES string of the molecule is Cn1c(=O)n(-c2ccc(F)cc2)c2nc(-c3cccc(OCc4ccccc4)c3)nc(C(N)=O)c21. The highest BCUT2D eigenvalue weighted by Gasteiger charge is 2.23. The van der Waals surface area contributed by atoms with Gasteiger partial charge in [-0.25, -0.2) is 23.7 Å². The maximum atomic E-state index is 13.5. The lowest BCUT2D eigenvalue weighted by molar-refractivity contribution is 0.0997. The topological polar surface area (TPSA) is 105 Å². The molecule has 0 radical (unpaired) electrons. The standard InChI is InChI=1S/C26H20FN5O3/c1-31-22-21(23(28)33)29-24(30-25(22)32(26(31)34)19-12-10-18(27)11-13-19)17-8-5-9-20(14-17)35-15-16-6-3-2-4-7-16/h2-14H,15H2,1H3,(H2,28,33). The van der Waals surface area contributed by atoms with Crippen LogP contribution < -0.4 is 16.2 Å². The second-order valence-electron chi connectivity index (χ2n) is 7.89. The summed E-state index contributed by atoms with van der Waals surface area (Å²) < 4.78 is 21.9. The molecule has 2 heterocycles. The van der Waals surface area contributed by atoms with Crippen molar-refractivity contribution in [1.82, 2.24) is 19.1 Å². The molecule has 0 spiro atoms. The van der Waals surface area contributed by atoms with E-state index in [0.717, 1.165) is 5.56 Å². The Morgan fingerprint density at radius 1 is 1.00 bits per heavy atom. The molecule has 5 aromatic rings. The number of imidazole rings is 1. The second-order valence-corrected chi connectivity index (χ2v) is 7.89. The molecule has 35 heavy (non-hydrogen) atoms. The van der Waals surface area contributed by atoms with Gasteiger partial charge in [-0.1, -0.05) is 42.5 Å². The summed E-state index contributed by atoms with van der Waals surface area (Å²) in [7, 11) is 1.50. The van der Waals surface area contributed by atoms with Gasteiger partial charge in [0.15, 0.2) is 17.2 Å². The lowest BCUT2D eigenvalue weighted by Crippen LogP contribution is -2.21. The molecule has 9 heteroatoms. The first-order valence-electron chi connectivity index (χ1n) is 10.7. The number of hydrogen-bond donors (Lipinski definition) is 1. The van der Waals surface area contributed by atoms with Crippen molar-refractivity contribution in [2.75, 3.05) is 0 Å². The first-order chi connectivity index (χ1) is 16.9. The molecule has 0 bridgehead atoms. The molecule has 8 nitrogen and oxygen atoms in total. The molecule has 174 valence electrons. The zero-order valence-corrected chi connectivity index (χ0v) is 18.7. The molecule has 0 atom stereocenters. The number of aryl methyl sites for hydroxylation is 1. The number of fused-ring (bicyclic) bond motifs is 1. The van der Waals surface area contributed by atoms with Gasteiger partial charge in [0, 0.05) is 12.6 Å². The highest BCUT2D eigenvalue weighted by atomic mass is 19.1. The van der Waals surface area contributed by atoms with Crippen molar-refractivity contribution in [3.63, 3.8) is 0 Å². The molecule has 0 saturated heterocycles. The third kappa shape index (κ3) is 4.15. The molecule has 0 saturated carbocycles. The number of ether oxygens (including phenoxy) is 1. The Labute approximate surface area is 199 Å². The van der Waals surface area contributed by atoms with Crippen molar-refractivity contribution in [2.24, 2.45) is 12.8 Å². The number of carbonyl (C=O) groups is 1. The van der Waals surface area contributed by atoms with Crippen LogP contribution in [0.5, 0.6) is 5.75 Å². The Balaban J connectivity index is 1.64. The Hall–Kier alpha value is -4.79. The summed E-state index contributed by atoms with van der Waals surface area (Å²) in [6, 6.07) is 22.2. The quantitative estimate of drug-likeness (QED) is 0.409. The van der Waals surface area contributed by atoms with Crippen molar-refractivity contribution in [2.45, 2.75) is 6.61 Å². The van der Waals surface area contributed by atoms with E-state index in [0.29, 0.717) is 23.6 Å². The zero-order chi connectivity index (χ0) is 24.5. The van der Waals surface area contributed by atoms with Gasteiger partial charge in [0.2, 0.25) is 0 Å². The van der Waals surface area contributed by atoms with Crippen molar-refractivity contribution < 1.29 is 13.9 Å². The van der Waals surface area contributed by atoms with Crippen LogP contribution in [0.4, 0.5) is 4.39 Å². The lowest BCUT2D eigenvalue weighted by atomic mass is 10.2. The number of halogens is 1. The summed E-state index contributed by atoms with van der Waals surface area (Å²) in [4.78, 5) is 34.4. The number of hydrogen-bond acceptors (Lipinski definition) is 5. The van der Waals surface area contributed by atoms with E-state index in [-0.39, 0.29) is 22.7 Å². The minimum Gasteiger partial charge on any atom is -0.489 e. The monoisotopic (exact) mass is 469 g/mol. The van der Waals surface area contributed by atoms with Crippen LogP contribution in [0.2, 0.25) is 0 Å². The van der Waals surface area contributed by atoms with Gasteiger partial charge in [-0.05, 0) is 42.0 Å². The van der Waals surface area contributed by atoms with Gasteiger partial charge in [0.25, 0.3) is 5.91 Å². The number of primary amides is 1. The van der Waals surface area contributed by atoms with Crippen LogP contribution in [-0.4, -0.2) is 25.0 Å². The first kappa shape index (κ1) is 22.0. The van der Waals surface area contributed by atoms with Crippen molar-refractivity contribution in [3.05, 3.63) is 106 Å². The van der Waals surface area contributed by atoms with Crippen LogP contribution in [0, 0.1) is 5.82 Å². The Bertz CT molecular complexity index is 1610. The molecule has 0 aliphatic heterocycles. The molecule has 0 aliphatic carbocycles. The fourth-order valence-electron chi connectivity index (χ4n) is 3.83. The maximum Gasteiger partial charge on any atom is 0.334 e. The van der Waals surface area contributed by atoms with E-state index in [1.54, 1.807) is 24.3 Å². The largest absolute Gasteiger partial charge is 0.489 e. The van der Waals surface area contributed by atoms with Crippen LogP contribution in [0.3, 0.4) is 0 Å². The highest BCUT2D eigenvalue weighted by Crippen LogP contribution is 2.26. The Morgan fingerprint density at radius 3 is 2.46 bits per heavy atom. The van der Waals surface area contributed by atoms with Gasteiger partial charge < -0.3 is 10.5 Å². The predicted molar refractivity (Wildman–Crippen MR) is 129 cm³/mol. The average Bonchev–Trinajstić information content (AvgIpc) is 3.13. The number of carbonyl (C=O) groups excluding carboxylic acids is 1. The smallest absolute Gasteiger partial charge is 0.334 e. The van der Waals surface area contributed by atoms with E-state index >= 15 is 0 Å². The van der Waals surface area contributed by atoms with E-state index in [4.69, 9.17) is 10.5 Å². The van der Waals surface area contributed by atoms with Crippen LogP contribution in [-0.2, 0) is 13.7 Å². The van der Waals surface area contributed by atoms with Crippen molar-refractivity contribution >= 4 is 17.1 Å². The minimum absolute atomic E-state index is 0.0962. The van der Waals surface area contributed by atoms with Gasteiger partial charge >= 0.3 is 5.69 Å². The van der Waals surface area contributed by atoms with Crippen molar-refractivity contribution in [1.29, 1.82) is 0 Å². The highest BCUT2D eigenvalue weighted by molar-refractivity contribution is 6.02. The lowest BCUT2D eigenvalue weighted by Gasteiger charge is -2.09. The van der Waals surface area contributed by atoms with E-state index < -0.39 is 17.4 Å². The molecule has 2 N–H and O–H groups in total. The molecule has 0 fully saturated rings. The Kier molecular flexibility index (Phi) is 5.58. The molecule has 0 aliphatic rings. The van der Waals surface area contributed by atoms with Crippen LogP contribution in [0.15, 0.2) is 83.7 Å². The van der Waals surface area contributed by atoms with E-state index in [9.17, 15) is 14.0 Å². The molecule has 5 rings (SSSR count). The van der Waals surface area contributed by atoms with Crippen LogP contribution in [0.1, 0.15) is 16.1 Å². The molecular formula is C26H20FN5O3. The number of aromatic nitrogens is 4. The van der Waals surface area contributed by atoms with Crippen molar-refractivity contribution in [3.8, 4) is 22.8 Å². The fourth-order valence-corrected chi connectivity index (χ4v) is 3.83. The summed E-state index contributed by atoms with van der Waals surface area (Å²) >= 11 is 0. The van der Waals surface area contributed by atoms with Gasteiger partial charge in [-0.3, -0.25) is 9.36 Å². The first-order valence-corrected chi connectivity index (χ1v) is 10.7. The molecule has 1 amide bonds. The zero-order valence-electron chi connectivity index (χ0n) is 18.7. The third-order valence-electron chi connectivity index (χ3n) is 5.55. The number of benzene rings is 3. The Morgan fingerprint density at radius 2 is 1.74 bits per heavy atom.